The highest BCUT2D eigenvalue weighted by molar-refractivity contribution is 5.31. The van der Waals surface area contributed by atoms with Crippen molar-refractivity contribution < 1.29 is 0 Å². The van der Waals surface area contributed by atoms with Crippen molar-refractivity contribution in [3.8, 4) is 6.07 Å². The molecule has 0 spiro atoms. The van der Waals surface area contributed by atoms with Crippen LogP contribution >= 0.6 is 0 Å². The zero-order valence-corrected chi connectivity index (χ0v) is 9.63. The molecule has 0 aliphatic carbocycles. The third-order valence-corrected chi connectivity index (χ3v) is 2.69. The normalized spacial score (nSPS) is 10.1. The molecule has 0 aliphatic rings. The first-order chi connectivity index (χ1) is 8.24. The van der Waals surface area contributed by atoms with Crippen LogP contribution in [0.25, 0.3) is 0 Å². The van der Waals surface area contributed by atoms with Gasteiger partial charge in [0.05, 0.1) is 18.2 Å². The van der Waals surface area contributed by atoms with Gasteiger partial charge in [0.15, 0.2) is 0 Å². The molecule has 0 unspecified atom stereocenters. The van der Waals surface area contributed by atoms with Gasteiger partial charge < -0.3 is 0 Å². The minimum atomic E-state index is -0.00291. The number of nitriles is 1. The summed E-state index contributed by atoms with van der Waals surface area (Å²) >= 11 is 0. The van der Waals surface area contributed by atoms with Crippen LogP contribution < -0.4 is 5.69 Å². The Hall–Kier alpha value is -2.28. The number of imidazole rings is 1. The second-order valence-electron chi connectivity index (χ2n) is 3.80. The topological polar surface area (TPSA) is 50.7 Å². The fourth-order valence-corrected chi connectivity index (χ4v) is 1.70. The molecule has 0 bridgehead atoms. The Morgan fingerprint density at radius 1 is 1.18 bits per heavy atom. The van der Waals surface area contributed by atoms with Gasteiger partial charge in [0.2, 0.25) is 0 Å². The van der Waals surface area contributed by atoms with E-state index in [-0.39, 0.29) is 5.69 Å². The molecule has 0 atom stereocenters. The van der Waals surface area contributed by atoms with Gasteiger partial charge in [-0.15, -0.1) is 0 Å². The molecule has 0 N–H and O–H groups in total. The van der Waals surface area contributed by atoms with E-state index >= 15 is 0 Å². The minimum absolute atomic E-state index is 0.00291. The van der Waals surface area contributed by atoms with Crippen molar-refractivity contribution in [2.75, 3.05) is 0 Å². The van der Waals surface area contributed by atoms with Crippen LogP contribution in [0.1, 0.15) is 18.1 Å². The largest absolute Gasteiger partial charge is 0.328 e. The van der Waals surface area contributed by atoms with Gasteiger partial charge in [0, 0.05) is 18.9 Å². The first-order valence-electron chi connectivity index (χ1n) is 5.49. The third-order valence-electron chi connectivity index (χ3n) is 2.69. The number of rotatable bonds is 3. The molecule has 4 heteroatoms. The number of aromatic nitrogens is 2. The summed E-state index contributed by atoms with van der Waals surface area (Å²) in [7, 11) is 0. The molecule has 86 valence electrons. The fraction of sp³-hybridized carbons (Fsp3) is 0.231. The zero-order valence-electron chi connectivity index (χ0n) is 9.63. The summed E-state index contributed by atoms with van der Waals surface area (Å²) in [5, 5.41) is 8.69. The van der Waals surface area contributed by atoms with Gasteiger partial charge in [-0.2, -0.15) is 5.26 Å². The summed E-state index contributed by atoms with van der Waals surface area (Å²) in [4.78, 5) is 11.8. The molecule has 0 fully saturated rings. The lowest BCUT2D eigenvalue weighted by atomic mass is 10.1. The SMILES string of the molecule is CCn1ccn(Cc2ccc(C#N)cc2)c1=O. The molecule has 1 heterocycles. The lowest BCUT2D eigenvalue weighted by Gasteiger charge is -2.01. The van der Waals surface area contributed by atoms with Crippen LogP contribution in [0.15, 0.2) is 41.5 Å². The number of aryl methyl sites for hydroxylation is 1. The average molecular weight is 227 g/mol. The van der Waals surface area contributed by atoms with E-state index in [4.69, 9.17) is 5.26 Å². The maximum atomic E-state index is 11.8. The Bertz CT molecular complexity index is 599. The molecule has 2 aromatic rings. The van der Waals surface area contributed by atoms with Crippen molar-refractivity contribution in [3.63, 3.8) is 0 Å². The second-order valence-corrected chi connectivity index (χ2v) is 3.80. The molecule has 0 saturated heterocycles. The molecular weight excluding hydrogens is 214 g/mol. The van der Waals surface area contributed by atoms with Gasteiger partial charge in [-0.1, -0.05) is 12.1 Å². The maximum absolute atomic E-state index is 11.8. The van der Waals surface area contributed by atoms with Crippen molar-refractivity contribution in [2.45, 2.75) is 20.0 Å². The molecule has 4 nitrogen and oxygen atoms in total. The fourth-order valence-electron chi connectivity index (χ4n) is 1.70. The van der Waals surface area contributed by atoms with E-state index in [2.05, 4.69) is 6.07 Å². The standard InChI is InChI=1S/C13H13N3O/c1-2-15-7-8-16(13(15)17)10-12-5-3-11(9-14)4-6-12/h3-8H,2,10H2,1H3. The molecule has 0 radical (unpaired) electrons. The van der Waals surface area contributed by atoms with Crippen LogP contribution in [0.2, 0.25) is 0 Å². The lowest BCUT2D eigenvalue weighted by molar-refractivity contribution is 0.668. The van der Waals surface area contributed by atoms with Crippen molar-refractivity contribution in [3.05, 3.63) is 58.3 Å². The average Bonchev–Trinajstić information content (AvgIpc) is 2.71. The molecule has 2 rings (SSSR count). The maximum Gasteiger partial charge on any atom is 0.328 e. The Labute approximate surface area is 99.4 Å². The van der Waals surface area contributed by atoms with Crippen LogP contribution in [0.4, 0.5) is 0 Å². The number of nitrogens with zero attached hydrogens (tertiary/aromatic N) is 3. The summed E-state index contributed by atoms with van der Waals surface area (Å²) in [6.07, 6.45) is 3.57. The van der Waals surface area contributed by atoms with Gasteiger partial charge in [-0.3, -0.25) is 9.13 Å². The Morgan fingerprint density at radius 2 is 1.82 bits per heavy atom. The number of hydrogen-bond donors (Lipinski definition) is 0. The monoisotopic (exact) mass is 227 g/mol. The number of benzene rings is 1. The highest BCUT2D eigenvalue weighted by atomic mass is 16.1. The second kappa shape index (κ2) is 4.71. The predicted octanol–water partition coefficient (Wildman–Crippen LogP) is 1.59. The van der Waals surface area contributed by atoms with Crippen LogP contribution in [0.3, 0.4) is 0 Å². The molecule has 17 heavy (non-hydrogen) atoms. The molecular formula is C13H13N3O. The van der Waals surface area contributed by atoms with Crippen molar-refractivity contribution in [2.24, 2.45) is 0 Å². The quantitative estimate of drug-likeness (QED) is 0.799. The van der Waals surface area contributed by atoms with Gasteiger partial charge in [0.25, 0.3) is 0 Å². The van der Waals surface area contributed by atoms with E-state index in [0.29, 0.717) is 18.7 Å². The molecule has 1 aromatic carbocycles. The van der Waals surface area contributed by atoms with Crippen molar-refractivity contribution in [1.82, 2.24) is 9.13 Å². The minimum Gasteiger partial charge on any atom is -0.300 e. The van der Waals surface area contributed by atoms with E-state index in [0.717, 1.165) is 5.56 Å². The van der Waals surface area contributed by atoms with Crippen molar-refractivity contribution in [1.29, 1.82) is 5.26 Å². The van der Waals surface area contributed by atoms with Gasteiger partial charge in [-0.05, 0) is 24.6 Å². The van der Waals surface area contributed by atoms with E-state index in [1.54, 1.807) is 33.7 Å². The third kappa shape index (κ3) is 2.28. The number of hydrogen-bond acceptors (Lipinski definition) is 2. The molecule has 0 saturated carbocycles. The van der Waals surface area contributed by atoms with Gasteiger partial charge >= 0.3 is 5.69 Å². The zero-order chi connectivity index (χ0) is 12.3. The first kappa shape index (κ1) is 11.2. The van der Waals surface area contributed by atoms with Crippen LogP contribution in [-0.4, -0.2) is 9.13 Å². The molecule has 0 amide bonds. The Balaban J connectivity index is 2.23. The highest BCUT2D eigenvalue weighted by Crippen LogP contribution is 2.04. The van der Waals surface area contributed by atoms with E-state index in [1.807, 2.05) is 19.1 Å². The molecule has 1 aromatic heterocycles. The van der Waals surface area contributed by atoms with Crippen molar-refractivity contribution >= 4 is 0 Å². The summed E-state index contributed by atoms with van der Waals surface area (Å²) < 4.78 is 3.31. The predicted molar refractivity (Wildman–Crippen MR) is 64.6 cm³/mol. The van der Waals surface area contributed by atoms with Gasteiger partial charge in [0.1, 0.15) is 0 Å². The summed E-state index contributed by atoms with van der Waals surface area (Å²) in [6.45, 7) is 3.16. The van der Waals surface area contributed by atoms with E-state index in [1.165, 1.54) is 0 Å². The van der Waals surface area contributed by atoms with Crippen LogP contribution in [0.5, 0.6) is 0 Å². The molecule has 0 aliphatic heterocycles. The van der Waals surface area contributed by atoms with E-state index < -0.39 is 0 Å². The van der Waals surface area contributed by atoms with E-state index in [9.17, 15) is 4.79 Å². The summed E-state index contributed by atoms with van der Waals surface area (Å²) in [5.41, 5.74) is 1.64. The smallest absolute Gasteiger partial charge is 0.300 e. The van der Waals surface area contributed by atoms with Gasteiger partial charge in [-0.25, -0.2) is 4.79 Å². The van der Waals surface area contributed by atoms with Crippen LogP contribution in [-0.2, 0) is 13.1 Å². The van der Waals surface area contributed by atoms with Crippen LogP contribution in [0, 0.1) is 11.3 Å². The summed E-state index contributed by atoms with van der Waals surface area (Å²) in [6, 6.07) is 9.33. The Kier molecular flexibility index (Phi) is 3.10. The highest BCUT2D eigenvalue weighted by Gasteiger charge is 2.02. The summed E-state index contributed by atoms with van der Waals surface area (Å²) in [5.74, 6) is 0. The first-order valence-corrected chi connectivity index (χ1v) is 5.49. The lowest BCUT2D eigenvalue weighted by Crippen LogP contribution is -2.23. The Morgan fingerprint density at radius 3 is 2.35 bits per heavy atom.